The maximum absolute atomic E-state index is 14.0. The summed E-state index contributed by atoms with van der Waals surface area (Å²) in [5, 5.41) is 2.96. The van der Waals surface area contributed by atoms with Gasteiger partial charge in [-0.15, -0.1) is 0 Å². The van der Waals surface area contributed by atoms with Crippen molar-refractivity contribution >= 4 is 28.9 Å². The molecule has 2 aliphatic heterocycles. The minimum absolute atomic E-state index is 0.0693. The lowest BCUT2D eigenvalue weighted by atomic mass is 10.1. The summed E-state index contributed by atoms with van der Waals surface area (Å²) in [6.07, 6.45) is 0.0693. The molecular formula is C21H22FN3O3. The van der Waals surface area contributed by atoms with Gasteiger partial charge in [-0.1, -0.05) is 24.3 Å². The number of morpholine rings is 1. The number of halogens is 1. The second kappa shape index (κ2) is 7.98. The number of hydrogen-bond acceptors (Lipinski definition) is 4. The summed E-state index contributed by atoms with van der Waals surface area (Å²) in [4.78, 5) is 28.7. The van der Waals surface area contributed by atoms with Gasteiger partial charge in [0.05, 0.1) is 36.2 Å². The van der Waals surface area contributed by atoms with Crippen LogP contribution in [0.2, 0.25) is 0 Å². The van der Waals surface area contributed by atoms with Gasteiger partial charge in [0.15, 0.2) is 0 Å². The monoisotopic (exact) mass is 383 g/mol. The van der Waals surface area contributed by atoms with Crippen LogP contribution in [0, 0.1) is 11.7 Å². The number of hydrogen-bond donors (Lipinski definition) is 1. The lowest BCUT2D eigenvalue weighted by molar-refractivity contribution is -0.122. The minimum Gasteiger partial charge on any atom is -0.378 e. The number of nitrogens with zero attached hydrogens (tertiary/aromatic N) is 2. The van der Waals surface area contributed by atoms with Crippen LogP contribution in [0.4, 0.5) is 21.5 Å². The van der Waals surface area contributed by atoms with Crippen LogP contribution in [-0.2, 0) is 14.3 Å². The van der Waals surface area contributed by atoms with E-state index >= 15 is 0 Å². The number of ether oxygens (including phenoxy) is 1. The summed E-state index contributed by atoms with van der Waals surface area (Å²) in [7, 11) is 0. The van der Waals surface area contributed by atoms with Crippen molar-refractivity contribution in [1.29, 1.82) is 0 Å². The third kappa shape index (κ3) is 3.71. The first-order chi connectivity index (χ1) is 13.6. The SMILES string of the molecule is O=C(Nc1ccccc1N1CCOCC1)C1CC(=O)N(c2ccccc2F)C1. The maximum atomic E-state index is 14.0. The molecule has 2 amide bonds. The van der Waals surface area contributed by atoms with Gasteiger partial charge in [-0.05, 0) is 24.3 Å². The molecule has 2 aromatic rings. The van der Waals surface area contributed by atoms with Crippen LogP contribution in [0.1, 0.15) is 6.42 Å². The van der Waals surface area contributed by atoms with Crippen molar-refractivity contribution in [3.63, 3.8) is 0 Å². The molecule has 146 valence electrons. The molecule has 1 unspecified atom stereocenters. The largest absolute Gasteiger partial charge is 0.378 e. The molecule has 0 aromatic heterocycles. The summed E-state index contributed by atoms with van der Waals surface area (Å²) in [5.41, 5.74) is 1.87. The number of para-hydroxylation sites is 3. The Morgan fingerprint density at radius 1 is 1.04 bits per heavy atom. The number of amides is 2. The van der Waals surface area contributed by atoms with Gasteiger partial charge in [0, 0.05) is 26.1 Å². The van der Waals surface area contributed by atoms with Gasteiger partial charge < -0.3 is 19.9 Å². The van der Waals surface area contributed by atoms with Crippen LogP contribution in [-0.4, -0.2) is 44.7 Å². The predicted octanol–water partition coefficient (Wildman–Crippen LogP) is 2.65. The zero-order valence-electron chi connectivity index (χ0n) is 15.4. The molecule has 2 fully saturated rings. The number of benzene rings is 2. The van der Waals surface area contributed by atoms with E-state index in [-0.39, 0.29) is 30.5 Å². The maximum Gasteiger partial charge on any atom is 0.229 e. The van der Waals surface area contributed by atoms with E-state index in [1.807, 2.05) is 24.3 Å². The normalized spacial score (nSPS) is 19.8. The molecule has 0 bridgehead atoms. The second-order valence-corrected chi connectivity index (χ2v) is 6.96. The molecule has 2 aliphatic rings. The number of nitrogens with one attached hydrogen (secondary N) is 1. The molecule has 6 nitrogen and oxygen atoms in total. The van der Waals surface area contributed by atoms with Crippen molar-refractivity contribution < 1.29 is 18.7 Å². The summed E-state index contributed by atoms with van der Waals surface area (Å²) in [6, 6.07) is 13.7. The average Bonchev–Trinajstić information content (AvgIpc) is 3.11. The highest BCUT2D eigenvalue weighted by atomic mass is 19.1. The van der Waals surface area contributed by atoms with Crippen molar-refractivity contribution in [2.75, 3.05) is 48.0 Å². The molecule has 4 rings (SSSR count). The Bertz CT molecular complexity index is 883. The van der Waals surface area contributed by atoms with Crippen LogP contribution < -0.4 is 15.1 Å². The summed E-state index contributed by atoms with van der Waals surface area (Å²) < 4.78 is 19.4. The van der Waals surface area contributed by atoms with E-state index in [4.69, 9.17) is 4.74 Å². The van der Waals surface area contributed by atoms with E-state index in [9.17, 15) is 14.0 Å². The Labute approximate surface area is 162 Å². The first-order valence-electron chi connectivity index (χ1n) is 9.41. The van der Waals surface area contributed by atoms with Crippen LogP contribution >= 0.6 is 0 Å². The fourth-order valence-electron chi connectivity index (χ4n) is 3.68. The quantitative estimate of drug-likeness (QED) is 0.882. The Morgan fingerprint density at radius 2 is 1.71 bits per heavy atom. The Balaban J connectivity index is 1.48. The van der Waals surface area contributed by atoms with Gasteiger partial charge in [-0.25, -0.2) is 4.39 Å². The molecule has 2 heterocycles. The topological polar surface area (TPSA) is 61.9 Å². The van der Waals surface area contributed by atoms with E-state index in [0.717, 1.165) is 18.8 Å². The van der Waals surface area contributed by atoms with Crippen molar-refractivity contribution in [2.45, 2.75) is 6.42 Å². The van der Waals surface area contributed by atoms with Gasteiger partial charge in [0.2, 0.25) is 11.8 Å². The van der Waals surface area contributed by atoms with Crippen molar-refractivity contribution in [1.82, 2.24) is 0 Å². The smallest absolute Gasteiger partial charge is 0.229 e. The van der Waals surface area contributed by atoms with Crippen LogP contribution in [0.25, 0.3) is 0 Å². The predicted molar refractivity (Wildman–Crippen MR) is 105 cm³/mol. The lowest BCUT2D eigenvalue weighted by Crippen LogP contribution is -2.37. The molecule has 0 saturated carbocycles. The highest BCUT2D eigenvalue weighted by Crippen LogP contribution is 2.30. The lowest BCUT2D eigenvalue weighted by Gasteiger charge is -2.30. The minimum atomic E-state index is -0.523. The van der Waals surface area contributed by atoms with Gasteiger partial charge in [0.1, 0.15) is 5.82 Å². The third-order valence-electron chi connectivity index (χ3n) is 5.15. The fourth-order valence-corrected chi connectivity index (χ4v) is 3.68. The summed E-state index contributed by atoms with van der Waals surface area (Å²) >= 11 is 0. The standard InChI is InChI=1S/C21H22FN3O3/c22-16-5-1-3-7-18(16)25-14-15(13-20(25)26)21(27)23-17-6-2-4-8-19(17)24-9-11-28-12-10-24/h1-8,15H,9-14H2,(H,23,27). The summed E-state index contributed by atoms with van der Waals surface area (Å²) in [5.74, 6) is -1.46. The van der Waals surface area contributed by atoms with Crippen molar-refractivity contribution in [3.05, 3.63) is 54.3 Å². The second-order valence-electron chi connectivity index (χ2n) is 6.96. The third-order valence-corrected chi connectivity index (χ3v) is 5.15. The highest BCUT2D eigenvalue weighted by molar-refractivity contribution is 6.04. The molecule has 1 N–H and O–H groups in total. The highest BCUT2D eigenvalue weighted by Gasteiger charge is 2.36. The van der Waals surface area contributed by atoms with E-state index < -0.39 is 11.7 Å². The van der Waals surface area contributed by atoms with Gasteiger partial charge >= 0.3 is 0 Å². The molecule has 0 aliphatic carbocycles. The first kappa shape index (κ1) is 18.4. The average molecular weight is 383 g/mol. The Hall–Kier alpha value is -2.93. The van der Waals surface area contributed by atoms with E-state index in [2.05, 4.69) is 10.2 Å². The fraction of sp³-hybridized carbons (Fsp3) is 0.333. The zero-order chi connectivity index (χ0) is 19.5. The number of rotatable bonds is 4. The van der Waals surface area contributed by atoms with E-state index in [0.29, 0.717) is 18.9 Å². The van der Waals surface area contributed by atoms with E-state index in [1.165, 1.54) is 11.0 Å². The first-order valence-corrected chi connectivity index (χ1v) is 9.41. The van der Waals surface area contributed by atoms with Crippen molar-refractivity contribution in [3.8, 4) is 0 Å². The van der Waals surface area contributed by atoms with Gasteiger partial charge in [-0.3, -0.25) is 9.59 Å². The number of anilines is 3. The van der Waals surface area contributed by atoms with Crippen LogP contribution in [0.5, 0.6) is 0 Å². The molecule has 2 saturated heterocycles. The molecule has 28 heavy (non-hydrogen) atoms. The van der Waals surface area contributed by atoms with Gasteiger partial charge in [-0.2, -0.15) is 0 Å². The van der Waals surface area contributed by atoms with Gasteiger partial charge in [0.25, 0.3) is 0 Å². The molecular weight excluding hydrogens is 361 g/mol. The molecule has 7 heteroatoms. The van der Waals surface area contributed by atoms with Crippen molar-refractivity contribution in [2.24, 2.45) is 5.92 Å². The number of carbonyl (C=O) groups is 2. The Morgan fingerprint density at radius 3 is 2.46 bits per heavy atom. The van der Waals surface area contributed by atoms with Crippen LogP contribution in [0.3, 0.4) is 0 Å². The molecule has 0 radical (unpaired) electrons. The summed E-state index contributed by atoms with van der Waals surface area (Å²) in [6.45, 7) is 2.99. The Kier molecular flexibility index (Phi) is 5.25. The molecule has 2 aromatic carbocycles. The molecule has 1 atom stereocenters. The zero-order valence-corrected chi connectivity index (χ0v) is 15.4. The number of carbonyl (C=O) groups excluding carboxylic acids is 2. The van der Waals surface area contributed by atoms with E-state index in [1.54, 1.807) is 18.2 Å². The molecule has 0 spiro atoms. The van der Waals surface area contributed by atoms with Crippen LogP contribution in [0.15, 0.2) is 48.5 Å².